The molecule has 1 fully saturated rings. The maximum atomic E-state index is 13.1. The van der Waals surface area contributed by atoms with Gasteiger partial charge >= 0.3 is 0 Å². The molecule has 0 bridgehead atoms. The van der Waals surface area contributed by atoms with E-state index in [4.69, 9.17) is 16.3 Å². The van der Waals surface area contributed by atoms with Gasteiger partial charge in [-0.15, -0.1) is 10.2 Å². The minimum atomic E-state index is -0.421. The minimum Gasteiger partial charge on any atom is -0.494 e. The van der Waals surface area contributed by atoms with E-state index in [0.717, 1.165) is 42.7 Å². The van der Waals surface area contributed by atoms with Gasteiger partial charge < -0.3 is 4.74 Å². The van der Waals surface area contributed by atoms with E-state index in [2.05, 4.69) is 25.5 Å². The monoisotopic (exact) mass is 471 g/mol. The second-order valence-corrected chi connectivity index (χ2v) is 9.01. The van der Waals surface area contributed by atoms with Crippen LogP contribution in [0.2, 0.25) is 5.15 Å². The van der Waals surface area contributed by atoms with Crippen LogP contribution in [0.5, 0.6) is 5.75 Å². The van der Waals surface area contributed by atoms with Crippen molar-refractivity contribution in [3.8, 4) is 16.9 Å². The van der Waals surface area contributed by atoms with Crippen LogP contribution in [-0.2, 0) is 0 Å². The van der Waals surface area contributed by atoms with Crippen molar-refractivity contribution in [3.63, 3.8) is 0 Å². The lowest BCUT2D eigenvalue weighted by Gasteiger charge is -2.18. The zero-order valence-corrected chi connectivity index (χ0v) is 19.3. The fraction of sp³-hybridized carbons (Fsp3) is 0.364. The summed E-state index contributed by atoms with van der Waals surface area (Å²) >= 11 is 7.18. The largest absolute Gasteiger partial charge is 0.494 e. The molecule has 0 unspecified atom stereocenters. The third-order valence-corrected chi connectivity index (χ3v) is 6.52. The van der Waals surface area contributed by atoms with Gasteiger partial charge in [0.25, 0.3) is 5.91 Å². The van der Waals surface area contributed by atoms with E-state index in [9.17, 15) is 9.59 Å². The summed E-state index contributed by atoms with van der Waals surface area (Å²) in [6, 6.07) is 3.42. The Hall–Kier alpha value is -2.91. The van der Waals surface area contributed by atoms with Crippen LogP contribution in [0.25, 0.3) is 11.1 Å². The average molecular weight is 472 g/mol. The lowest BCUT2D eigenvalue weighted by molar-refractivity contribution is 0.0888. The van der Waals surface area contributed by atoms with Crippen molar-refractivity contribution >= 4 is 39.8 Å². The maximum absolute atomic E-state index is 13.1. The SMILES string of the molecule is COc1cnc(Cl)cc1-c1cc(C)ncc1C(=O)Nc1nnc(C(=O)C2CCCCC2)s1. The Morgan fingerprint density at radius 2 is 1.88 bits per heavy atom. The first-order chi connectivity index (χ1) is 15.5. The molecule has 3 aromatic heterocycles. The van der Waals surface area contributed by atoms with Gasteiger partial charge in [-0.1, -0.05) is 42.2 Å². The lowest BCUT2D eigenvalue weighted by Crippen LogP contribution is -2.17. The number of aromatic nitrogens is 4. The number of carbonyl (C=O) groups is 2. The number of methoxy groups -OCH3 is 1. The number of anilines is 1. The molecule has 32 heavy (non-hydrogen) atoms. The zero-order valence-electron chi connectivity index (χ0n) is 17.7. The van der Waals surface area contributed by atoms with Gasteiger partial charge in [0.1, 0.15) is 10.9 Å². The summed E-state index contributed by atoms with van der Waals surface area (Å²) in [6.45, 7) is 1.83. The first-order valence-corrected chi connectivity index (χ1v) is 11.5. The fourth-order valence-corrected chi connectivity index (χ4v) is 4.75. The number of aryl methyl sites for hydroxylation is 1. The number of carbonyl (C=O) groups excluding carboxylic acids is 2. The predicted octanol–water partition coefficient (Wildman–Crippen LogP) is 4.98. The third-order valence-electron chi connectivity index (χ3n) is 5.46. The molecule has 1 N–H and O–H groups in total. The molecule has 1 saturated carbocycles. The number of halogens is 1. The number of nitrogens with zero attached hydrogens (tertiary/aromatic N) is 4. The summed E-state index contributed by atoms with van der Waals surface area (Å²) < 4.78 is 5.40. The first kappa shape index (κ1) is 22.3. The average Bonchev–Trinajstić information content (AvgIpc) is 3.27. The molecule has 3 aromatic rings. The number of ketones is 1. The lowest BCUT2D eigenvalue weighted by atomic mass is 9.86. The van der Waals surface area contributed by atoms with Crippen molar-refractivity contribution in [2.45, 2.75) is 39.0 Å². The molecule has 1 aliphatic rings. The van der Waals surface area contributed by atoms with Crippen LogP contribution in [0, 0.1) is 12.8 Å². The molecular weight excluding hydrogens is 450 g/mol. The molecule has 1 amide bonds. The van der Waals surface area contributed by atoms with Crippen molar-refractivity contribution in [2.75, 3.05) is 12.4 Å². The zero-order chi connectivity index (χ0) is 22.7. The van der Waals surface area contributed by atoms with E-state index in [1.165, 1.54) is 25.9 Å². The van der Waals surface area contributed by atoms with Gasteiger partial charge in [-0.3, -0.25) is 19.9 Å². The van der Waals surface area contributed by atoms with Crippen molar-refractivity contribution < 1.29 is 14.3 Å². The third kappa shape index (κ3) is 4.78. The topological polar surface area (TPSA) is 107 Å². The summed E-state index contributed by atoms with van der Waals surface area (Å²) in [5.41, 5.74) is 2.25. The highest BCUT2D eigenvalue weighted by Gasteiger charge is 2.26. The standard InChI is InChI=1S/C22H22ClN5O3S/c1-12-8-14(15-9-18(23)25-11-17(15)31-2)16(10-24-12)20(30)26-22-28-27-21(32-22)19(29)13-6-4-3-5-7-13/h8-11,13H,3-7H2,1-2H3,(H,26,28,30). The number of hydrogen-bond acceptors (Lipinski definition) is 8. The molecule has 0 radical (unpaired) electrons. The smallest absolute Gasteiger partial charge is 0.259 e. The molecular formula is C22H22ClN5O3S. The Kier molecular flexibility index (Phi) is 6.76. The van der Waals surface area contributed by atoms with E-state index in [-0.39, 0.29) is 22.0 Å². The van der Waals surface area contributed by atoms with Gasteiger partial charge in [-0.25, -0.2) is 4.98 Å². The number of ether oxygens (including phenoxy) is 1. The highest BCUT2D eigenvalue weighted by atomic mass is 35.5. The van der Waals surface area contributed by atoms with E-state index < -0.39 is 5.91 Å². The predicted molar refractivity (Wildman–Crippen MR) is 123 cm³/mol. The second kappa shape index (κ2) is 9.70. The van der Waals surface area contributed by atoms with Crippen LogP contribution < -0.4 is 10.1 Å². The number of Topliss-reactive ketones (excluding diaryl/α,β-unsaturated/α-hetero) is 1. The van der Waals surface area contributed by atoms with Crippen LogP contribution in [0.4, 0.5) is 5.13 Å². The first-order valence-electron chi connectivity index (χ1n) is 10.3. The minimum absolute atomic E-state index is 0.00273. The molecule has 4 rings (SSSR count). The molecule has 10 heteroatoms. The number of rotatable bonds is 6. The molecule has 0 aromatic carbocycles. The van der Waals surface area contributed by atoms with Crippen molar-refractivity contribution in [2.24, 2.45) is 5.92 Å². The molecule has 0 spiro atoms. The van der Waals surface area contributed by atoms with Gasteiger partial charge in [0.05, 0.1) is 18.9 Å². The Morgan fingerprint density at radius 1 is 1.09 bits per heavy atom. The van der Waals surface area contributed by atoms with Crippen LogP contribution in [0.15, 0.2) is 24.5 Å². The molecule has 8 nitrogen and oxygen atoms in total. The highest BCUT2D eigenvalue weighted by molar-refractivity contribution is 7.17. The molecule has 1 aliphatic carbocycles. The second-order valence-electron chi connectivity index (χ2n) is 7.64. The molecule has 3 heterocycles. The van der Waals surface area contributed by atoms with Crippen LogP contribution in [0.3, 0.4) is 0 Å². The maximum Gasteiger partial charge on any atom is 0.259 e. The molecule has 0 aliphatic heterocycles. The Morgan fingerprint density at radius 3 is 2.62 bits per heavy atom. The van der Waals surface area contributed by atoms with Crippen molar-refractivity contribution in [1.29, 1.82) is 0 Å². The van der Waals surface area contributed by atoms with Crippen LogP contribution in [-0.4, -0.2) is 39.0 Å². The molecule has 166 valence electrons. The summed E-state index contributed by atoms with van der Waals surface area (Å²) in [6.07, 6.45) is 8.05. The van der Waals surface area contributed by atoms with Crippen molar-refractivity contribution in [1.82, 2.24) is 20.2 Å². The van der Waals surface area contributed by atoms with Gasteiger partial charge in [-0.2, -0.15) is 0 Å². The summed E-state index contributed by atoms with van der Waals surface area (Å²) in [5, 5.41) is 11.6. The Labute approximate surface area is 194 Å². The summed E-state index contributed by atoms with van der Waals surface area (Å²) in [4.78, 5) is 34.1. The fourth-order valence-electron chi connectivity index (χ4n) is 3.83. The number of hydrogen-bond donors (Lipinski definition) is 1. The number of nitrogens with one attached hydrogen (secondary N) is 1. The van der Waals surface area contributed by atoms with E-state index in [1.54, 1.807) is 12.1 Å². The van der Waals surface area contributed by atoms with Crippen LogP contribution >= 0.6 is 22.9 Å². The number of amides is 1. The van der Waals surface area contributed by atoms with Gasteiger partial charge in [0.15, 0.2) is 10.8 Å². The normalized spacial score (nSPS) is 14.2. The van der Waals surface area contributed by atoms with E-state index in [0.29, 0.717) is 27.4 Å². The Balaban J connectivity index is 1.59. The Bertz CT molecular complexity index is 1160. The van der Waals surface area contributed by atoms with Crippen molar-refractivity contribution in [3.05, 3.63) is 45.9 Å². The van der Waals surface area contributed by atoms with E-state index >= 15 is 0 Å². The molecule has 0 atom stereocenters. The van der Waals surface area contributed by atoms with Gasteiger partial charge in [0.2, 0.25) is 5.13 Å². The van der Waals surface area contributed by atoms with Gasteiger partial charge in [0, 0.05) is 28.9 Å². The van der Waals surface area contributed by atoms with E-state index in [1.807, 2.05) is 6.92 Å². The molecule has 0 saturated heterocycles. The quantitative estimate of drug-likeness (QED) is 0.399. The summed E-state index contributed by atoms with van der Waals surface area (Å²) in [5.74, 6) is 0.0641. The van der Waals surface area contributed by atoms with Gasteiger partial charge in [-0.05, 0) is 31.9 Å². The highest BCUT2D eigenvalue weighted by Crippen LogP contribution is 2.34. The van der Waals surface area contributed by atoms with Crippen LogP contribution in [0.1, 0.15) is 58.0 Å². The summed E-state index contributed by atoms with van der Waals surface area (Å²) in [7, 11) is 1.52. The number of pyridine rings is 2.